The number of aliphatic hydroxyl groups is 1. The Morgan fingerprint density at radius 1 is 1.56 bits per heavy atom. The number of oxime groups is 1. The van der Waals surface area contributed by atoms with Crippen molar-refractivity contribution in [2.75, 3.05) is 18.5 Å². The Labute approximate surface area is 111 Å². The maximum atomic E-state index is 9.25. The summed E-state index contributed by atoms with van der Waals surface area (Å²) in [5.74, 6) is 0.0232. The first-order valence-corrected chi connectivity index (χ1v) is 6.00. The first kappa shape index (κ1) is 14.6. The molecule has 0 saturated carbocycles. The van der Waals surface area contributed by atoms with Crippen LogP contribution < -0.4 is 10.6 Å². The third-order valence-electron chi connectivity index (χ3n) is 2.64. The van der Waals surface area contributed by atoms with Crippen molar-refractivity contribution < 1.29 is 10.3 Å². The maximum Gasteiger partial charge on any atom is 0.170 e. The van der Waals surface area contributed by atoms with E-state index in [1.165, 1.54) is 0 Å². The minimum atomic E-state index is -0.345. The summed E-state index contributed by atoms with van der Waals surface area (Å²) in [6.45, 7) is 2.44. The van der Waals surface area contributed by atoms with E-state index in [4.69, 9.17) is 22.5 Å². The number of halogens is 1. The van der Waals surface area contributed by atoms with Crippen LogP contribution in [0.3, 0.4) is 0 Å². The third-order valence-corrected chi connectivity index (χ3v) is 2.95. The lowest BCUT2D eigenvalue weighted by Crippen LogP contribution is -2.22. The normalized spacial score (nSPS) is 13.4. The molecule has 0 aliphatic carbocycles. The molecule has 1 atom stereocenters. The molecule has 5 nitrogen and oxygen atoms in total. The SMILES string of the molecule is CC(O)CCN(C)c1ccc(/C(N)=N/O)cc1Cl. The van der Waals surface area contributed by atoms with Crippen molar-refractivity contribution >= 4 is 23.1 Å². The quantitative estimate of drug-likeness (QED) is 0.329. The standard InChI is InChI=1S/C12H18ClN3O2/c1-8(17)5-6-16(2)11-4-3-9(7-10(11)13)12(14)15-18/h3-4,7-8,17-18H,5-6H2,1-2H3,(H2,14,15). The van der Waals surface area contributed by atoms with Gasteiger partial charge in [-0.3, -0.25) is 0 Å². The van der Waals surface area contributed by atoms with Crippen molar-refractivity contribution in [3.63, 3.8) is 0 Å². The molecule has 0 aliphatic heterocycles. The highest BCUT2D eigenvalue weighted by atomic mass is 35.5. The molecule has 18 heavy (non-hydrogen) atoms. The number of amidine groups is 1. The third kappa shape index (κ3) is 3.78. The number of rotatable bonds is 5. The van der Waals surface area contributed by atoms with Crippen LogP contribution in [-0.2, 0) is 0 Å². The molecule has 0 amide bonds. The molecule has 0 saturated heterocycles. The van der Waals surface area contributed by atoms with E-state index in [1.54, 1.807) is 25.1 Å². The highest BCUT2D eigenvalue weighted by molar-refractivity contribution is 6.33. The van der Waals surface area contributed by atoms with E-state index in [0.717, 1.165) is 5.69 Å². The molecule has 0 fully saturated rings. The number of nitrogens with two attached hydrogens (primary N) is 1. The van der Waals surface area contributed by atoms with Gasteiger partial charge in [0.2, 0.25) is 0 Å². The molecular weight excluding hydrogens is 254 g/mol. The summed E-state index contributed by atoms with van der Waals surface area (Å²) < 4.78 is 0. The molecule has 0 spiro atoms. The maximum absolute atomic E-state index is 9.25. The molecule has 0 radical (unpaired) electrons. The minimum Gasteiger partial charge on any atom is -0.409 e. The van der Waals surface area contributed by atoms with Crippen LogP contribution >= 0.6 is 11.6 Å². The fourth-order valence-electron chi connectivity index (χ4n) is 1.53. The summed E-state index contributed by atoms with van der Waals surface area (Å²) in [5.41, 5.74) is 6.89. The fraction of sp³-hybridized carbons (Fsp3) is 0.417. The minimum absolute atomic E-state index is 0.0232. The number of aliphatic hydroxyl groups excluding tert-OH is 1. The van der Waals surface area contributed by atoms with E-state index in [2.05, 4.69) is 5.16 Å². The lowest BCUT2D eigenvalue weighted by atomic mass is 10.1. The lowest BCUT2D eigenvalue weighted by molar-refractivity contribution is 0.187. The van der Waals surface area contributed by atoms with Gasteiger partial charge in [0.15, 0.2) is 5.84 Å². The van der Waals surface area contributed by atoms with Crippen LogP contribution in [-0.4, -0.2) is 35.8 Å². The van der Waals surface area contributed by atoms with Gasteiger partial charge in [-0.2, -0.15) is 0 Å². The van der Waals surface area contributed by atoms with Gasteiger partial charge in [0.1, 0.15) is 0 Å². The van der Waals surface area contributed by atoms with Crippen molar-refractivity contribution in [2.45, 2.75) is 19.4 Å². The van der Waals surface area contributed by atoms with Crippen LogP contribution in [0.15, 0.2) is 23.4 Å². The van der Waals surface area contributed by atoms with Crippen molar-refractivity contribution in [3.05, 3.63) is 28.8 Å². The number of hydrogen-bond acceptors (Lipinski definition) is 4. The van der Waals surface area contributed by atoms with Gasteiger partial charge in [-0.25, -0.2) is 0 Å². The molecule has 4 N–H and O–H groups in total. The second kappa shape index (κ2) is 6.47. The fourth-order valence-corrected chi connectivity index (χ4v) is 1.86. The van der Waals surface area contributed by atoms with Gasteiger partial charge in [-0.15, -0.1) is 0 Å². The molecule has 0 heterocycles. The second-order valence-corrected chi connectivity index (χ2v) is 4.62. The molecule has 6 heteroatoms. The topological polar surface area (TPSA) is 82.1 Å². The van der Waals surface area contributed by atoms with Crippen LogP contribution in [0.25, 0.3) is 0 Å². The first-order valence-electron chi connectivity index (χ1n) is 5.62. The van der Waals surface area contributed by atoms with Crippen molar-refractivity contribution in [1.82, 2.24) is 0 Å². The highest BCUT2D eigenvalue weighted by Gasteiger charge is 2.09. The first-order chi connectivity index (χ1) is 8.45. The average Bonchev–Trinajstić information content (AvgIpc) is 2.34. The van der Waals surface area contributed by atoms with Gasteiger partial charge in [0.25, 0.3) is 0 Å². The Morgan fingerprint density at radius 3 is 2.72 bits per heavy atom. The molecule has 0 bridgehead atoms. The van der Waals surface area contributed by atoms with E-state index >= 15 is 0 Å². The largest absolute Gasteiger partial charge is 0.409 e. The molecule has 100 valence electrons. The molecule has 1 aromatic rings. The zero-order valence-electron chi connectivity index (χ0n) is 10.5. The van der Waals surface area contributed by atoms with Crippen molar-refractivity contribution in [1.29, 1.82) is 0 Å². The van der Waals surface area contributed by atoms with Crippen LogP contribution in [0.4, 0.5) is 5.69 Å². The van der Waals surface area contributed by atoms with Gasteiger partial charge in [0, 0.05) is 19.2 Å². The Balaban J connectivity index is 2.85. The zero-order valence-corrected chi connectivity index (χ0v) is 11.2. The van der Waals surface area contributed by atoms with Gasteiger partial charge < -0.3 is 20.9 Å². The lowest BCUT2D eigenvalue weighted by Gasteiger charge is -2.21. The van der Waals surface area contributed by atoms with E-state index in [9.17, 15) is 5.11 Å². The number of hydrogen-bond donors (Lipinski definition) is 3. The molecule has 1 rings (SSSR count). The van der Waals surface area contributed by atoms with E-state index in [-0.39, 0.29) is 11.9 Å². The van der Waals surface area contributed by atoms with Gasteiger partial charge >= 0.3 is 0 Å². The Bertz CT molecular complexity index is 435. The van der Waals surface area contributed by atoms with E-state index in [0.29, 0.717) is 23.6 Å². The predicted molar refractivity (Wildman–Crippen MR) is 73.5 cm³/mol. The average molecular weight is 272 g/mol. The molecule has 0 aliphatic rings. The van der Waals surface area contributed by atoms with Crippen molar-refractivity contribution in [3.8, 4) is 0 Å². The number of benzene rings is 1. The van der Waals surface area contributed by atoms with E-state index < -0.39 is 0 Å². The zero-order chi connectivity index (χ0) is 13.7. The van der Waals surface area contributed by atoms with Crippen LogP contribution in [0.2, 0.25) is 5.02 Å². The smallest absolute Gasteiger partial charge is 0.170 e. The Morgan fingerprint density at radius 2 is 2.22 bits per heavy atom. The summed E-state index contributed by atoms with van der Waals surface area (Å²) in [6.07, 6.45) is 0.317. The van der Waals surface area contributed by atoms with Gasteiger partial charge in [0.05, 0.1) is 16.8 Å². The summed E-state index contributed by atoms with van der Waals surface area (Å²) in [6, 6.07) is 5.18. The number of anilines is 1. The predicted octanol–water partition coefficient (Wildman–Crippen LogP) is 1.64. The second-order valence-electron chi connectivity index (χ2n) is 4.21. The monoisotopic (exact) mass is 271 g/mol. The number of nitrogens with zero attached hydrogens (tertiary/aromatic N) is 2. The molecular formula is C12H18ClN3O2. The molecule has 1 unspecified atom stereocenters. The summed E-state index contributed by atoms with van der Waals surface area (Å²) in [4.78, 5) is 1.95. The van der Waals surface area contributed by atoms with Gasteiger partial charge in [-0.1, -0.05) is 16.8 Å². The van der Waals surface area contributed by atoms with Crippen LogP contribution in [0, 0.1) is 0 Å². The van der Waals surface area contributed by atoms with Gasteiger partial charge in [-0.05, 0) is 31.5 Å². The molecule has 1 aromatic carbocycles. The van der Waals surface area contributed by atoms with E-state index in [1.807, 2.05) is 11.9 Å². The Kier molecular flexibility index (Phi) is 5.25. The molecule has 0 aromatic heterocycles. The summed E-state index contributed by atoms with van der Waals surface area (Å²) in [7, 11) is 1.90. The summed E-state index contributed by atoms with van der Waals surface area (Å²) >= 11 is 6.14. The van der Waals surface area contributed by atoms with Crippen LogP contribution in [0.5, 0.6) is 0 Å². The summed E-state index contributed by atoms with van der Waals surface area (Å²) in [5, 5.41) is 21.3. The highest BCUT2D eigenvalue weighted by Crippen LogP contribution is 2.26. The Hall–Kier alpha value is -1.46. The van der Waals surface area contributed by atoms with Crippen LogP contribution in [0.1, 0.15) is 18.9 Å². The van der Waals surface area contributed by atoms with Crippen molar-refractivity contribution in [2.24, 2.45) is 10.9 Å².